The summed E-state index contributed by atoms with van der Waals surface area (Å²) in [4.78, 5) is 12.4. The van der Waals surface area contributed by atoms with E-state index in [0.717, 1.165) is 12.0 Å². The zero-order chi connectivity index (χ0) is 12.3. The Morgan fingerprint density at radius 2 is 2.12 bits per heavy atom. The lowest BCUT2D eigenvalue weighted by atomic mass is 9.76. The number of carbonyl (C=O) groups excluding carboxylic acids is 1. The van der Waals surface area contributed by atoms with Crippen LogP contribution in [0.2, 0.25) is 0 Å². The van der Waals surface area contributed by atoms with Gasteiger partial charge in [0, 0.05) is 18.0 Å². The summed E-state index contributed by atoms with van der Waals surface area (Å²) in [5.41, 5.74) is 7.83. The van der Waals surface area contributed by atoms with E-state index in [1.54, 1.807) is 0 Å². The van der Waals surface area contributed by atoms with Gasteiger partial charge in [-0.05, 0) is 30.7 Å². The van der Waals surface area contributed by atoms with Crippen molar-refractivity contribution >= 4 is 5.78 Å². The summed E-state index contributed by atoms with van der Waals surface area (Å²) in [7, 11) is 0. The van der Waals surface area contributed by atoms with E-state index in [1.165, 1.54) is 24.8 Å². The molecule has 1 aliphatic rings. The van der Waals surface area contributed by atoms with Crippen LogP contribution in [0.4, 0.5) is 0 Å². The summed E-state index contributed by atoms with van der Waals surface area (Å²) in [5, 5.41) is 0. The van der Waals surface area contributed by atoms with Crippen molar-refractivity contribution in [2.45, 2.75) is 38.5 Å². The maximum Gasteiger partial charge on any atom is 0.167 e. The van der Waals surface area contributed by atoms with Crippen molar-refractivity contribution in [3.05, 3.63) is 35.4 Å². The molecule has 1 saturated carbocycles. The summed E-state index contributed by atoms with van der Waals surface area (Å²) in [6.45, 7) is 2.48. The van der Waals surface area contributed by atoms with Crippen LogP contribution in [0, 0.1) is 5.92 Å². The Kier molecular flexibility index (Phi) is 3.95. The molecule has 1 aliphatic carbocycles. The van der Waals surface area contributed by atoms with E-state index in [1.807, 2.05) is 25.1 Å². The highest BCUT2D eigenvalue weighted by Gasteiger charge is 2.26. The van der Waals surface area contributed by atoms with Crippen LogP contribution in [0.25, 0.3) is 0 Å². The van der Waals surface area contributed by atoms with E-state index < -0.39 is 0 Å². The number of nitrogens with two attached hydrogens (primary N) is 1. The third kappa shape index (κ3) is 2.42. The first-order valence-corrected chi connectivity index (χ1v) is 6.61. The lowest BCUT2D eigenvalue weighted by Gasteiger charge is -2.28. The summed E-state index contributed by atoms with van der Waals surface area (Å²) in [6, 6.07) is 8.07. The van der Waals surface area contributed by atoms with Crippen LogP contribution >= 0.6 is 0 Å². The smallest absolute Gasteiger partial charge is 0.167 e. The van der Waals surface area contributed by atoms with Crippen molar-refractivity contribution in [3.63, 3.8) is 0 Å². The molecule has 0 aromatic heterocycles. The second kappa shape index (κ2) is 5.46. The Morgan fingerprint density at radius 1 is 1.41 bits per heavy atom. The predicted molar refractivity (Wildman–Crippen MR) is 70.2 cm³/mol. The Hall–Kier alpha value is -1.15. The third-order valence-corrected chi connectivity index (χ3v) is 3.92. The van der Waals surface area contributed by atoms with Gasteiger partial charge in [0.05, 0.1) is 0 Å². The van der Waals surface area contributed by atoms with Crippen molar-refractivity contribution < 1.29 is 4.79 Å². The minimum absolute atomic E-state index is 0.0174. The first-order chi connectivity index (χ1) is 8.27. The molecular formula is C15H21NO. The molecule has 2 rings (SSSR count). The second-order valence-corrected chi connectivity index (χ2v) is 4.92. The van der Waals surface area contributed by atoms with Gasteiger partial charge in [0.1, 0.15) is 0 Å². The molecule has 17 heavy (non-hydrogen) atoms. The SMILES string of the molecule is CCC(CN)C(=O)c1ccccc1C1CCC1. The number of carbonyl (C=O) groups is 1. The minimum atomic E-state index is -0.0174. The monoisotopic (exact) mass is 231 g/mol. The standard InChI is InChI=1S/C15H21NO/c1-2-11(10-16)15(17)14-9-4-3-8-13(14)12-6-5-7-12/h3-4,8-9,11-12H,2,5-7,10,16H2,1H3. The van der Waals surface area contributed by atoms with Gasteiger partial charge in [-0.25, -0.2) is 0 Å². The zero-order valence-corrected chi connectivity index (χ0v) is 10.5. The number of benzene rings is 1. The summed E-state index contributed by atoms with van der Waals surface area (Å²) in [5.74, 6) is 0.819. The molecule has 2 nitrogen and oxygen atoms in total. The quantitative estimate of drug-likeness (QED) is 0.791. The Balaban J connectivity index is 2.27. The number of rotatable bonds is 5. The van der Waals surface area contributed by atoms with E-state index in [4.69, 9.17) is 5.73 Å². The van der Waals surface area contributed by atoms with Crippen molar-refractivity contribution in [3.8, 4) is 0 Å². The average molecular weight is 231 g/mol. The summed E-state index contributed by atoms with van der Waals surface area (Å²) in [6.07, 6.45) is 4.57. The van der Waals surface area contributed by atoms with Gasteiger partial charge < -0.3 is 5.73 Å². The first kappa shape index (κ1) is 12.3. The van der Waals surface area contributed by atoms with Crippen LogP contribution in [0.1, 0.15) is 54.4 Å². The number of hydrogen-bond acceptors (Lipinski definition) is 2. The largest absolute Gasteiger partial charge is 0.330 e. The van der Waals surface area contributed by atoms with Crippen molar-refractivity contribution in [2.75, 3.05) is 6.54 Å². The van der Waals surface area contributed by atoms with E-state index in [2.05, 4.69) is 6.07 Å². The van der Waals surface area contributed by atoms with Gasteiger partial charge in [0.15, 0.2) is 5.78 Å². The van der Waals surface area contributed by atoms with Crippen molar-refractivity contribution in [1.82, 2.24) is 0 Å². The molecule has 2 N–H and O–H groups in total. The Labute approximate surface area is 103 Å². The third-order valence-electron chi connectivity index (χ3n) is 3.92. The lowest BCUT2D eigenvalue weighted by molar-refractivity contribution is 0.0919. The Bertz CT molecular complexity index is 392. The summed E-state index contributed by atoms with van der Waals surface area (Å²) >= 11 is 0. The van der Waals surface area contributed by atoms with Gasteiger partial charge in [0.2, 0.25) is 0 Å². The molecular weight excluding hydrogens is 210 g/mol. The van der Waals surface area contributed by atoms with E-state index in [0.29, 0.717) is 12.5 Å². The van der Waals surface area contributed by atoms with Gasteiger partial charge in [-0.2, -0.15) is 0 Å². The molecule has 1 atom stereocenters. The van der Waals surface area contributed by atoms with Gasteiger partial charge in [-0.1, -0.05) is 37.6 Å². The fraction of sp³-hybridized carbons (Fsp3) is 0.533. The van der Waals surface area contributed by atoms with Crippen molar-refractivity contribution in [2.24, 2.45) is 11.7 Å². The predicted octanol–water partition coefficient (Wildman–Crippen LogP) is 3.12. The number of hydrogen-bond donors (Lipinski definition) is 1. The molecule has 1 unspecified atom stereocenters. The van der Waals surface area contributed by atoms with Gasteiger partial charge >= 0.3 is 0 Å². The topological polar surface area (TPSA) is 43.1 Å². The fourth-order valence-corrected chi connectivity index (χ4v) is 2.48. The summed E-state index contributed by atoms with van der Waals surface area (Å²) < 4.78 is 0. The van der Waals surface area contributed by atoms with Gasteiger partial charge in [-0.15, -0.1) is 0 Å². The fourth-order valence-electron chi connectivity index (χ4n) is 2.48. The molecule has 0 bridgehead atoms. The molecule has 0 amide bonds. The van der Waals surface area contributed by atoms with Crippen molar-refractivity contribution in [1.29, 1.82) is 0 Å². The van der Waals surface area contributed by atoms with E-state index in [-0.39, 0.29) is 11.7 Å². The molecule has 0 spiro atoms. The highest BCUT2D eigenvalue weighted by atomic mass is 16.1. The molecule has 92 valence electrons. The molecule has 0 radical (unpaired) electrons. The van der Waals surface area contributed by atoms with Gasteiger partial charge in [-0.3, -0.25) is 4.79 Å². The maximum atomic E-state index is 12.4. The van der Waals surface area contributed by atoms with Crippen LogP contribution in [0.15, 0.2) is 24.3 Å². The van der Waals surface area contributed by atoms with Crippen LogP contribution in [-0.4, -0.2) is 12.3 Å². The highest BCUT2D eigenvalue weighted by molar-refractivity contribution is 5.99. The number of Topliss-reactive ketones (excluding diaryl/α,β-unsaturated/α-hetero) is 1. The molecule has 0 heterocycles. The van der Waals surface area contributed by atoms with Crippen LogP contribution in [0.3, 0.4) is 0 Å². The molecule has 0 saturated heterocycles. The Morgan fingerprint density at radius 3 is 2.65 bits per heavy atom. The number of ketones is 1. The first-order valence-electron chi connectivity index (χ1n) is 6.61. The average Bonchev–Trinajstić information content (AvgIpc) is 2.29. The molecule has 2 heteroatoms. The normalized spacial score (nSPS) is 17.5. The lowest BCUT2D eigenvalue weighted by Crippen LogP contribution is -2.25. The van der Waals surface area contributed by atoms with Crippen LogP contribution < -0.4 is 5.73 Å². The van der Waals surface area contributed by atoms with E-state index >= 15 is 0 Å². The minimum Gasteiger partial charge on any atom is -0.330 e. The molecule has 1 fully saturated rings. The molecule has 1 aromatic carbocycles. The molecule has 1 aromatic rings. The van der Waals surface area contributed by atoms with Crippen LogP contribution in [-0.2, 0) is 0 Å². The van der Waals surface area contributed by atoms with Gasteiger partial charge in [0.25, 0.3) is 0 Å². The van der Waals surface area contributed by atoms with Crippen LogP contribution in [0.5, 0.6) is 0 Å². The molecule has 0 aliphatic heterocycles. The zero-order valence-electron chi connectivity index (χ0n) is 10.5. The second-order valence-electron chi connectivity index (χ2n) is 4.92. The maximum absolute atomic E-state index is 12.4. The highest BCUT2D eigenvalue weighted by Crippen LogP contribution is 2.38. The van der Waals surface area contributed by atoms with E-state index in [9.17, 15) is 4.79 Å².